The van der Waals surface area contributed by atoms with Gasteiger partial charge < -0.3 is 16.0 Å². The van der Waals surface area contributed by atoms with Crippen LogP contribution in [0.3, 0.4) is 0 Å². The summed E-state index contributed by atoms with van der Waals surface area (Å²) in [5.41, 5.74) is 3.88. The van der Waals surface area contributed by atoms with Gasteiger partial charge in [0.15, 0.2) is 11.5 Å². The second-order valence-electron chi connectivity index (χ2n) is 9.25. The van der Waals surface area contributed by atoms with Crippen LogP contribution in [0.2, 0.25) is 5.02 Å². The number of carbonyl (C=O) groups excluding carboxylic acids is 2. The summed E-state index contributed by atoms with van der Waals surface area (Å²) >= 11 is 5.76. The highest BCUT2D eigenvalue weighted by atomic mass is 35.5. The van der Waals surface area contributed by atoms with Gasteiger partial charge in [0.1, 0.15) is 28.4 Å². The van der Waals surface area contributed by atoms with Gasteiger partial charge in [-0.15, -0.1) is 0 Å². The molecule has 0 bridgehead atoms. The number of fused-ring (bicyclic) bond motifs is 2. The van der Waals surface area contributed by atoms with E-state index >= 15 is 0 Å². The summed E-state index contributed by atoms with van der Waals surface area (Å²) in [6, 6.07) is 7.36. The lowest BCUT2D eigenvalue weighted by molar-refractivity contribution is -0.117. The molecular weight excluding hydrogens is 537 g/mol. The van der Waals surface area contributed by atoms with Gasteiger partial charge in [-0.3, -0.25) is 14.3 Å². The zero-order valence-electron chi connectivity index (χ0n) is 22.3. The first-order chi connectivity index (χ1) is 19.0. The van der Waals surface area contributed by atoms with Gasteiger partial charge in [0.2, 0.25) is 5.91 Å². The molecule has 40 heavy (non-hydrogen) atoms. The number of carbonyl (C=O) groups is 2. The highest BCUT2D eigenvalue weighted by Gasteiger charge is 2.21. The lowest BCUT2D eigenvalue weighted by atomic mass is 10.0. The third-order valence-corrected chi connectivity index (χ3v) is 6.59. The number of amides is 2. The van der Waals surface area contributed by atoms with E-state index in [1.54, 1.807) is 49.8 Å². The lowest BCUT2D eigenvalue weighted by Crippen LogP contribution is -2.35. The van der Waals surface area contributed by atoms with E-state index < -0.39 is 23.5 Å². The third-order valence-electron chi connectivity index (χ3n) is 6.39. The molecule has 0 saturated carbocycles. The van der Waals surface area contributed by atoms with Crippen LogP contribution in [-0.2, 0) is 11.8 Å². The normalized spacial score (nSPS) is 12.1. The molecule has 0 aliphatic carbocycles. The van der Waals surface area contributed by atoms with E-state index in [1.807, 2.05) is 14.0 Å². The molecule has 11 nitrogen and oxygen atoms in total. The van der Waals surface area contributed by atoms with Crippen LogP contribution in [-0.4, -0.2) is 54.6 Å². The molecule has 5 aromatic rings. The van der Waals surface area contributed by atoms with Gasteiger partial charge in [0.05, 0.1) is 22.3 Å². The van der Waals surface area contributed by atoms with Gasteiger partial charge in [-0.1, -0.05) is 17.7 Å². The van der Waals surface area contributed by atoms with Gasteiger partial charge >= 0.3 is 0 Å². The second kappa shape index (κ2) is 10.5. The maximum absolute atomic E-state index is 14.3. The van der Waals surface area contributed by atoms with Crippen LogP contribution in [0.5, 0.6) is 0 Å². The molecule has 1 atom stereocenters. The minimum Gasteiger partial charge on any atom is -0.320 e. The minimum atomic E-state index is -0.843. The van der Waals surface area contributed by atoms with E-state index in [0.29, 0.717) is 39.2 Å². The fourth-order valence-electron chi connectivity index (χ4n) is 4.34. The number of pyridine rings is 2. The van der Waals surface area contributed by atoms with Crippen molar-refractivity contribution < 1.29 is 14.0 Å². The van der Waals surface area contributed by atoms with Crippen molar-refractivity contribution in [1.29, 1.82) is 0 Å². The van der Waals surface area contributed by atoms with Gasteiger partial charge in [-0.2, -0.15) is 5.10 Å². The summed E-state index contributed by atoms with van der Waals surface area (Å²) in [6.07, 6.45) is 1.19. The number of hydrogen-bond donors (Lipinski definition) is 3. The average Bonchev–Trinajstić information content (AvgIpc) is 3.19. The maximum Gasteiger partial charge on any atom is 0.277 e. The first kappa shape index (κ1) is 27.0. The Morgan fingerprint density at radius 3 is 2.58 bits per heavy atom. The van der Waals surface area contributed by atoms with Crippen molar-refractivity contribution in [2.75, 3.05) is 17.7 Å². The Kier molecular flexibility index (Phi) is 7.13. The Hall–Kier alpha value is -4.55. The van der Waals surface area contributed by atoms with E-state index in [-0.39, 0.29) is 16.7 Å². The Balaban J connectivity index is 1.66. The molecule has 0 spiro atoms. The Bertz CT molecular complexity index is 1820. The number of aryl methyl sites for hydroxylation is 3. The molecule has 0 aliphatic heterocycles. The van der Waals surface area contributed by atoms with Gasteiger partial charge in [0.25, 0.3) is 5.91 Å². The van der Waals surface area contributed by atoms with Crippen LogP contribution in [0, 0.1) is 19.7 Å². The predicted molar refractivity (Wildman–Crippen MR) is 151 cm³/mol. The van der Waals surface area contributed by atoms with E-state index in [2.05, 4.69) is 36.0 Å². The number of aromatic nitrogens is 6. The molecule has 1 unspecified atom stereocenters. The molecule has 5 rings (SSSR count). The first-order valence-electron chi connectivity index (χ1n) is 12.3. The fourth-order valence-corrected chi connectivity index (χ4v) is 4.48. The number of hydrogen-bond acceptors (Lipinski definition) is 8. The predicted octanol–water partition coefficient (Wildman–Crippen LogP) is 4.18. The molecule has 1 aromatic carbocycles. The number of halogens is 2. The number of anilines is 2. The molecular formula is C27H25ClFN9O2. The summed E-state index contributed by atoms with van der Waals surface area (Å²) in [7, 11) is 3.50. The molecule has 4 aromatic heterocycles. The first-order valence-corrected chi connectivity index (χ1v) is 12.7. The SMILES string of the molecule is CNC(C)C(=O)Nc1cc(-c2nc(C)nc3c(C)nn(C)c23)c2ccc(NC(=O)c3ncc(Cl)cc3F)cc2n1. The number of nitrogens with zero attached hydrogens (tertiary/aromatic N) is 6. The Labute approximate surface area is 233 Å². The summed E-state index contributed by atoms with van der Waals surface area (Å²) in [5, 5.41) is 13.7. The van der Waals surface area contributed by atoms with Crippen molar-refractivity contribution in [3.63, 3.8) is 0 Å². The van der Waals surface area contributed by atoms with Crippen LogP contribution in [0.1, 0.15) is 28.9 Å². The number of likely N-dealkylation sites (N-methyl/N-ethyl adjacent to an activating group) is 1. The van der Waals surface area contributed by atoms with E-state index in [4.69, 9.17) is 16.6 Å². The van der Waals surface area contributed by atoms with E-state index in [0.717, 1.165) is 17.3 Å². The molecule has 13 heteroatoms. The Morgan fingerprint density at radius 2 is 1.85 bits per heavy atom. The molecule has 0 radical (unpaired) electrons. The van der Waals surface area contributed by atoms with Crippen molar-refractivity contribution >= 4 is 56.9 Å². The highest BCUT2D eigenvalue weighted by Crippen LogP contribution is 2.35. The van der Waals surface area contributed by atoms with E-state index in [9.17, 15) is 14.0 Å². The number of benzene rings is 1. The van der Waals surface area contributed by atoms with Crippen molar-refractivity contribution in [3.8, 4) is 11.3 Å². The highest BCUT2D eigenvalue weighted by molar-refractivity contribution is 6.30. The van der Waals surface area contributed by atoms with Crippen LogP contribution in [0.4, 0.5) is 15.9 Å². The van der Waals surface area contributed by atoms with Crippen molar-refractivity contribution in [2.45, 2.75) is 26.8 Å². The van der Waals surface area contributed by atoms with Crippen LogP contribution >= 0.6 is 11.6 Å². The smallest absolute Gasteiger partial charge is 0.277 e. The minimum absolute atomic E-state index is 0.0799. The lowest BCUT2D eigenvalue weighted by Gasteiger charge is -2.15. The maximum atomic E-state index is 14.3. The summed E-state index contributed by atoms with van der Waals surface area (Å²) in [5.74, 6) is -1.04. The van der Waals surface area contributed by atoms with E-state index in [1.165, 1.54) is 6.20 Å². The second-order valence-corrected chi connectivity index (χ2v) is 9.69. The van der Waals surface area contributed by atoms with Gasteiger partial charge in [-0.05, 0) is 52.1 Å². The Morgan fingerprint density at radius 1 is 1.07 bits per heavy atom. The zero-order valence-corrected chi connectivity index (χ0v) is 23.1. The number of nitrogens with one attached hydrogen (secondary N) is 3. The van der Waals surface area contributed by atoms with Crippen molar-refractivity contribution in [2.24, 2.45) is 7.05 Å². The zero-order chi connectivity index (χ0) is 28.7. The van der Waals surface area contributed by atoms with Gasteiger partial charge in [-0.25, -0.2) is 24.3 Å². The van der Waals surface area contributed by atoms with Crippen molar-refractivity contribution in [3.05, 3.63) is 64.6 Å². The summed E-state index contributed by atoms with van der Waals surface area (Å²) in [6.45, 7) is 5.40. The fraction of sp³-hybridized carbons (Fsp3) is 0.222. The topological polar surface area (TPSA) is 140 Å². The van der Waals surface area contributed by atoms with Crippen LogP contribution in [0.25, 0.3) is 33.2 Å². The largest absolute Gasteiger partial charge is 0.320 e. The molecule has 0 saturated heterocycles. The molecule has 0 fully saturated rings. The summed E-state index contributed by atoms with van der Waals surface area (Å²) < 4.78 is 16.0. The molecule has 204 valence electrons. The van der Waals surface area contributed by atoms with Crippen molar-refractivity contribution in [1.82, 2.24) is 35.0 Å². The van der Waals surface area contributed by atoms with Gasteiger partial charge in [0, 0.05) is 29.9 Å². The third kappa shape index (κ3) is 5.06. The number of rotatable bonds is 6. The van der Waals surface area contributed by atoms with Crippen LogP contribution < -0.4 is 16.0 Å². The quantitative estimate of drug-likeness (QED) is 0.280. The summed E-state index contributed by atoms with van der Waals surface area (Å²) in [4.78, 5) is 43.2. The molecule has 0 aliphatic rings. The van der Waals surface area contributed by atoms with Crippen LogP contribution in [0.15, 0.2) is 36.5 Å². The standard InChI is InChI=1S/C27H25ClFN9O2/c1-12-22-25(38(5)37-12)23(33-14(3)32-22)18-10-21(36-26(39)13(2)30-4)35-20-9-16(6-7-17(18)20)34-27(40)24-19(29)8-15(28)11-31-24/h6-11,13,30H,1-5H3,(H,34,40)(H,35,36,39). The molecule has 3 N–H and O–H groups in total. The molecule has 4 heterocycles. The average molecular weight is 562 g/mol. The molecule has 2 amide bonds. The monoisotopic (exact) mass is 561 g/mol.